The van der Waals surface area contributed by atoms with Crippen molar-refractivity contribution in [2.75, 3.05) is 0 Å². The molecule has 0 heterocycles. The third-order valence-corrected chi connectivity index (χ3v) is 0. The van der Waals surface area contributed by atoms with E-state index in [-0.39, 0.29) is 89.6 Å². The molecule has 0 amide bonds. The number of hydrogen-bond donors (Lipinski definition) is 0. The summed E-state index contributed by atoms with van der Waals surface area (Å²) in [6.45, 7) is 0. The molecule has 0 spiro atoms. The predicted octanol–water partition coefficient (Wildman–Crippen LogP) is -2.22. The Morgan fingerprint density at radius 2 is 1.25 bits per heavy atom. The first-order valence-corrected chi connectivity index (χ1v) is 1.50. The Morgan fingerprint density at radius 1 is 1.25 bits per heavy atom. The van der Waals surface area contributed by atoms with E-state index in [1.54, 1.807) is 0 Å². The standard InChI is InChI=1S/In.O.Sr.Zn.5H. The Bertz CT molecular complexity index is 8.00. The zero-order valence-electron chi connectivity index (χ0n) is 1.12. The van der Waals surface area contributed by atoms with E-state index in [9.17, 15) is 0 Å². The summed E-state index contributed by atoms with van der Waals surface area (Å²) in [6.07, 6.45) is 0. The molecule has 0 saturated heterocycles. The quantitative estimate of drug-likeness (QED) is 0.462. The van der Waals surface area contributed by atoms with Crippen molar-refractivity contribution in [2.45, 2.75) is 0 Å². The molecule has 0 aromatic carbocycles. The summed E-state index contributed by atoms with van der Waals surface area (Å²) in [5, 5.41) is 0. The van der Waals surface area contributed by atoms with E-state index < -0.39 is 0 Å². The molecule has 0 aromatic rings. The molecule has 18 valence electrons. The van der Waals surface area contributed by atoms with Crippen LogP contribution in [0.25, 0.3) is 0 Å². The molecule has 0 radical (unpaired) electrons. The van der Waals surface area contributed by atoms with Gasteiger partial charge in [-0.05, 0) is 0 Å². The van der Waals surface area contributed by atoms with Gasteiger partial charge in [-0.1, -0.05) is 0 Å². The van der Waals surface area contributed by atoms with Gasteiger partial charge in [0.05, 0.1) is 0 Å². The van der Waals surface area contributed by atoms with Gasteiger partial charge in [-0.15, -0.1) is 0 Å². The SMILES string of the molecule is [InH3].[O]=[Zn].[SrH2]. The molecule has 0 aliphatic heterocycles. The van der Waals surface area contributed by atoms with Crippen LogP contribution in [-0.2, 0) is 21.8 Å². The van der Waals surface area contributed by atoms with Gasteiger partial charge in [0.1, 0.15) is 0 Å². The molecule has 0 N–H and O–H groups in total. The van der Waals surface area contributed by atoms with Crippen LogP contribution < -0.4 is 0 Å². The molecule has 0 aliphatic carbocycles. The zero-order chi connectivity index (χ0) is 2.00. The molecular formula is H5InOSrZn. The summed E-state index contributed by atoms with van der Waals surface area (Å²) in [4.78, 5) is 0. The van der Waals surface area contributed by atoms with Crippen LogP contribution in [0, 0.1) is 0 Å². The summed E-state index contributed by atoms with van der Waals surface area (Å²) in [7, 11) is 0. The first-order valence-electron chi connectivity index (χ1n) is 0.289. The van der Waals surface area contributed by atoms with Gasteiger partial charge < -0.3 is 0 Å². The molecule has 0 rings (SSSR count). The zero-order valence-corrected chi connectivity index (χ0v) is 4.08. The first-order chi connectivity index (χ1) is 1.00. The summed E-state index contributed by atoms with van der Waals surface area (Å²) >= 11 is 0.125. The molecule has 0 unspecified atom stereocenters. The molecule has 0 aromatic heterocycles. The van der Waals surface area contributed by atoms with Gasteiger partial charge in [-0.25, -0.2) is 0 Å². The second-order valence-electron chi connectivity index (χ2n) is 0. The van der Waals surface area contributed by atoms with Gasteiger partial charge in [-0.2, -0.15) is 0 Å². The van der Waals surface area contributed by atoms with Gasteiger partial charge in [-0.3, -0.25) is 0 Å². The summed E-state index contributed by atoms with van der Waals surface area (Å²) in [5.41, 5.74) is 0. The molecular weight excluding hydrogens is 284 g/mol. The van der Waals surface area contributed by atoms with Crippen molar-refractivity contribution in [3.8, 4) is 0 Å². The van der Waals surface area contributed by atoms with Crippen molar-refractivity contribution in [3.05, 3.63) is 0 Å². The van der Waals surface area contributed by atoms with E-state index in [1.165, 1.54) is 0 Å². The fourth-order valence-electron chi connectivity index (χ4n) is 0. The van der Waals surface area contributed by atoms with Crippen LogP contribution in [0.4, 0.5) is 0 Å². The molecule has 4 heavy (non-hydrogen) atoms. The van der Waals surface area contributed by atoms with E-state index >= 15 is 0 Å². The van der Waals surface area contributed by atoms with Crippen molar-refractivity contribution >= 4 is 71.3 Å². The average Bonchev–Trinajstić information content (AvgIpc) is 1.00. The minimum absolute atomic E-state index is 0. The van der Waals surface area contributed by atoms with Crippen LogP contribution in [0.1, 0.15) is 0 Å². The monoisotopic (exact) mass is 288 g/mol. The minimum atomic E-state index is 0. The molecule has 0 bridgehead atoms. The predicted molar refractivity (Wildman–Crippen MR) is 19.2 cm³/mol. The Labute approximate surface area is 90.9 Å². The Morgan fingerprint density at radius 3 is 1.25 bits per heavy atom. The first kappa shape index (κ1) is 15.9. The second-order valence-corrected chi connectivity index (χ2v) is 0. The van der Waals surface area contributed by atoms with Crippen molar-refractivity contribution in [2.24, 2.45) is 0 Å². The van der Waals surface area contributed by atoms with Gasteiger partial charge in [0, 0.05) is 0 Å². The van der Waals surface area contributed by atoms with Gasteiger partial charge >= 0.3 is 93.2 Å². The second kappa shape index (κ2) is 17.1. The van der Waals surface area contributed by atoms with E-state index in [1.807, 2.05) is 0 Å². The van der Waals surface area contributed by atoms with Crippen molar-refractivity contribution in [1.29, 1.82) is 0 Å². The van der Waals surface area contributed by atoms with Gasteiger partial charge in [0.15, 0.2) is 0 Å². The van der Waals surface area contributed by atoms with E-state index in [0.29, 0.717) is 0 Å². The van der Waals surface area contributed by atoms with Crippen molar-refractivity contribution < 1.29 is 21.8 Å². The van der Waals surface area contributed by atoms with Crippen molar-refractivity contribution in [1.82, 2.24) is 0 Å². The third kappa shape index (κ3) is 8.84. The molecule has 0 aliphatic rings. The maximum atomic E-state index is 8.38. The summed E-state index contributed by atoms with van der Waals surface area (Å²) in [6, 6.07) is 0. The molecule has 0 saturated carbocycles. The van der Waals surface area contributed by atoms with Crippen LogP contribution in [0.2, 0.25) is 0 Å². The fraction of sp³-hybridized carbons (Fsp3) is 0. The maximum absolute atomic E-state index is 8.38. The van der Waals surface area contributed by atoms with Gasteiger partial charge in [0.25, 0.3) is 0 Å². The average molecular weight is 289 g/mol. The summed E-state index contributed by atoms with van der Waals surface area (Å²) < 4.78 is 8.38. The molecule has 0 atom stereocenters. The van der Waals surface area contributed by atoms with E-state index in [0.717, 1.165) is 0 Å². The third-order valence-electron chi connectivity index (χ3n) is 0. The molecule has 4 heteroatoms. The van der Waals surface area contributed by atoms with Crippen LogP contribution in [0.15, 0.2) is 0 Å². The topological polar surface area (TPSA) is 17.1 Å². The summed E-state index contributed by atoms with van der Waals surface area (Å²) in [5.74, 6) is 0. The van der Waals surface area contributed by atoms with E-state index in [2.05, 4.69) is 0 Å². The van der Waals surface area contributed by atoms with Crippen molar-refractivity contribution in [3.63, 3.8) is 0 Å². The van der Waals surface area contributed by atoms with E-state index in [4.69, 9.17) is 3.57 Å². The number of hydrogen-bond acceptors (Lipinski definition) is 1. The fourth-order valence-corrected chi connectivity index (χ4v) is 0. The molecule has 0 fully saturated rings. The number of rotatable bonds is 0. The van der Waals surface area contributed by atoms with Crippen LogP contribution in [0.5, 0.6) is 0 Å². The van der Waals surface area contributed by atoms with Crippen LogP contribution in [-0.4, -0.2) is 71.3 Å². The molecule has 1 nitrogen and oxygen atoms in total. The van der Waals surface area contributed by atoms with Crippen LogP contribution in [0.3, 0.4) is 0 Å². The Balaban J connectivity index is -0.00000000500. The Kier molecular flexibility index (Phi) is 67.8. The van der Waals surface area contributed by atoms with Crippen LogP contribution >= 0.6 is 0 Å². The normalized spacial score (nSPS) is 1.50. The van der Waals surface area contributed by atoms with Gasteiger partial charge in [0.2, 0.25) is 0 Å². The Hall–Kier alpha value is 2.77.